The van der Waals surface area contributed by atoms with E-state index < -0.39 is 0 Å². The lowest BCUT2D eigenvalue weighted by Gasteiger charge is -2.33. The Morgan fingerprint density at radius 1 is 1.33 bits per heavy atom. The smallest absolute Gasteiger partial charge is 0.236 e. The number of H-pyrrole nitrogens is 1. The van der Waals surface area contributed by atoms with Gasteiger partial charge in [-0.15, -0.1) is 0 Å². The Bertz CT molecular complexity index is 872. The SMILES string of the molecule is CN(C)C(=O)CN1CCC(n2cnc3cnc4[nH]ccc4c32)CC1. The molecule has 0 unspecified atom stereocenters. The molecule has 7 heteroatoms. The molecule has 1 saturated heterocycles. The summed E-state index contributed by atoms with van der Waals surface area (Å²) < 4.78 is 2.29. The van der Waals surface area contributed by atoms with Crippen LogP contribution in [0, 0.1) is 0 Å². The minimum absolute atomic E-state index is 0.168. The summed E-state index contributed by atoms with van der Waals surface area (Å²) >= 11 is 0. The van der Waals surface area contributed by atoms with E-state index in [2.05, 4.69) is 30.5 Å². The second kappa shape index (κ2) is 5.90. The van der Waals surface area contributed by atoms with Crippen LogP contribution in [0.1, 0.15) is 18.9 Å². The first-order valence-electron chi connectivity index (χ1n) is 8.34. The monoisotopic (exact) mass is 326 g/mol. The first-order valence-corrected chi connectivity index (χ1v) is 8.34. The van der Waals surface area contributed by atoms with Crippen LogP contribution in [0.4, 0.5) is 0 Å². The Labute approximate surface area is 140 Å². The van der Waals surface area contributed by atoms with Gasteiger partial charge in [-0.2, -0.15) is 0 Å². The largest absolute Gasteiger partial charge is 0.348 e. The topological polar surface area (TPSA) is 70.1 Å². The van der Waals surface area contributed by atoms with Crippen LogP contribution in [0.5, 0.6) is 0 Å². The molecule has 4 rings (SSSR count). The van der Waals surface area contributed by atoms with Crippen molar-refractivity contribution in [1.82, 2.24) is 29.3 Å². The van der Waals surface area contributed by atoms with E-state index in [0.29, 0.717) is 12.6 Å². The number of fused-ring (bicyclic) bond motifs is 3. The fraction of sp³-hybridized carbons (Fsp3) is 0.471. The number of hydrogen-bond donors (Lipinski definition) is 1. The molecule has 0 saturated carbocycles. The second-order valence-corrected chi connectivity index (χ2v) is 6.68. The summed E-state index contributed by atoms with van der Waals surface area (Å²) in [5.41, 5.74) is 3.00. The molecule has 0 aromatic carbocycles. The highest BCUT2D eigenvalue weighted by molar-refractivity contribution is 6.00. The Kier molecular flexibility index (Phi) is 3.72. The molecule has 126 valence electrons. The van der Waals surface area contributed by atoms with Crippen molar-refractivity contribution in [3.63, 3.8) is 0 Å². The molecule has 0 bridgehead atoms. The van der Waals surface area contributed by atoms with Crippen molar-refractivity contribution in [2.45, 2.75) is 18.9 Å². The highest BCUT2D eigenvalue weighted by Gasteiger charge is 2.24. The third kappa shape index (κ3) is 2.54. The van der Waals surface area contributed by atoms with Crippen molar-refractivity contribution < 1.29 is 4.79 Å². The first kappa shape index (κ1) is 15.1. The maximum Gasteiger partial charge on any atom is 0.236 e. The number of imidazole rings is 1. The summed E-state index contributed by atoms with van der Waals surface area (Å²) in [6.07, 6.45) is 7.74. The minimum Gasteiger partial charge on any atom is -0.348 e. The molecule has 24 heavy (non-hydrogen) atoms. The zero-order valence-corrected chi connectivity index (χ0v) is 14.1. The third-order valence-corrected chi connectivity index (χ3v) is 4.93. The predicted octanol–water partition coefficient (Wildman–Crippen LogP) is 1.64. The quantitative estimate of drug-likeness (QED) is 0.794. The maximum absolute atomic E-state index is 11.9. The summed E-state index contributed by atoms with van der Waals surface area (Å²) in [5, 5.41) is 1.12. The standard InChI is InChI=1S/C17H22N6O/c1-21(2)15(24)10-22-7-4-12(5-8-22)23-11-20-14-9-19-17-13(16(14)23)3-6-18-17/h3,6,9,11-12H,4-5,7-8,10H2,1-2H3,(H,18,19). The van der Waals surface area contributed by atoms with Gasteiger partial charge in [-0.25, -0.2) is 9.97 Å². The number of pyridine rings is 1. The van der Waals surface area contributed by atoms with Gasteiger partial charge in [0.05, 0.1) is 24.6 Å². The van der Waals surface area contributed by atoms with Crippen molar-refractivity contribution in [2.24, 2.45) is 0 Å². The van der Waals surface area contributed by atoms with Gasteiger partial charge in [0.1, 0.15) is 11.2 Å². The maximum atomic E-state index is 11.9. The van der Waals surface area contributed by atoms with Crippen molar-refractivity contribution in [3.05, 3.63) is 24.8 Å². The molecule has 0 spiro atoms. The van der Waals surface area contributed by atoms with Gasteiger partial charge in [0, 0.05) is 44.8 Å². The lowest BCUT2D eigenvalue weighted by atomic mass is 10.0. The summed E-state index contributed by atoms with van der Waals surface area (Å²) in [7, 11) is 3.62. The summed E-state index contributed by atoms with van der Waals surface area (Å²) in [4.78, 5) is 27.9. The molecule has 4 heterocycles. The lowest BCUT2D eigenvalue weighted by Crippen LogP contribution is -2.41. The molecule has 0 atom stereocenters. The number of likely N-dealkylation sites (tertiary alicyclic amines) is 1. The Morgan fingerprint density at radius 2 is 2.12 bits per heavy atom. The Morgan fingerprint density at radius 3 is 2.88 bits per heavy atom. The molecule has 3 aromatic heterocycles. The van der Waals surface area contributed by atoms with Crippen molar-refractivity contribution >= 4 is 28.0 Å². The van der Waals surface area contributed by atoms with E-state index in [1.54, 1.807) is 4.90 Å². The highest BCUT2D eigenvalue weighted by Crippen LogP contribution is 2.29. The molecule has 1 amide bonds. The van der Waals surface area contributed by atoms with Gasteiger partial charge in [-0.3, -0.25) is 9.69 Å². The van der Waals surface area contributed by atoms with Crippen LogP contribution in [0.25, 0.3) is 22.1 Å². The number of carbonyl (C=O) groups excluding carboxylic acids is 1. The van der Waals surface area contributed by atoms with Gasteiger partial charge in [-0.05, 0) is 18.9 Å². The van der Waals surface area contributed by atoms with E-state index in [-0.39, 0.29) is 5.91 Å². The van der Waals surface area contributed by atoms with Crippen LogP contribution < -0.4 is 0 Å². The zero-order chi connectivity index (χ0) is 16.7. The predicted molar refractivity (Wildman–Crippen MR) is 92.8 cm³/mol. The van der Waals surface area contributed by atoms with Gasteiger partial charge in [-0.1, -0.05) is 0 Å². The average Bonchev–Trinajstić information content (AvgIpc) is 3.21. The number of amides is 1. The molecular formula is C17H22N6O. The minimum atomic E-state index is 0.168. The van der Waals surface area contributed by atoms with E-state index in [4.69, 9.17) is 0 Å². The van der Waals surface area contributed by atoms with Crippen molar-refractivity contribution in [2.75, 3.05) is 33.7 Å². The lowest BCUT2D eigenvalue weighted by molar-refractivity contribution is -0.130. The zero-order valence-electron chi connectivity index (χ0n) is 14.1. The number of hydrogen-bond acceptors (Lipinski definition) is 4. The molecule has 0 aliphatic carbocycles. The Hall–Kier alpha value is -2.41. The molecule has 7 nitrogen and oxygen atoms in total. The molecular weight excluding hydrogens is 304 g/mol. The summed E-state index contributed by atoms with van der Waals surface area (Å²) in [6, 6.07) is 2.48. The second-order valence-electron chi connectivity index (χ2n) is 6.68. The van der Waals surface area contributed by atoms with Gasteiger partial charge in [0.2, 0.25) is 5.91 Å². The summed E-state index contributed by atoms with van der Waals surface area (Å²) in [6.45, 7) is 2.38. The van der Waals surface area contributed by atoms with Crippen LogP contribution in [0.15, 0.2) is 24.8 Å². The number of rotatable bonds is 3. The van der Waals surface area contributed by atoms with E-state index in [1.165, 1.54) is 0 Å². The van der Waals surface area contributed by atoms with Crippen LogP contribution in [-0.4, -0.2) is 69.0 Å². The normalized spacial score (nSPS) is 16.9. The molecule has 0 radical (unpaired) electrons. The van der Waals surface area contributed by atoms with Crippen LogP contribution in [0.3, 0.4) is 0 Å². The van der Waals surface area contributed by atoms with Crippen LogP contribution >= 0.6 is 0 Å². The molecule has 1 N–H and O–H groups in total. The molecule has 1 aliphatic heterocycles. The van der Waals surface area contributed by atoms with E-state index in [1.807, 2.05) is 32.8 Å². The summed E-state index contributed by atoms with van der Waals surface area (Å²) in [5.74, 6) is 0.168. The number of aromatic nitrogens is 4. The third-order valence-electron chi connectivity index (χ3n) is 4.93. The highest BCUT2D eigenvalue weighted by atomic mass is 16.2. The van der Waals surface area contributed by atoms with Gasteiger partial charge in [0.15, 0.2) is 0 Å². The van der Waals surface area contributed by atoms with E-state index in [0.717, 1.165) is 48.0 Å². The first-order chi connectivity index (χ1) is 11.6. The van der Waals surface area contributed by atoms with Crippen LogP contribution in [0.2, 0.25) is 0 Å². The van der Waals surface area contributed by atoms with Gasteiger partial charge < -0.3 is 14.5 Å². The average molecular weight is 326 g/mol. The van der Waals surface area contributed by atoms with E-state index >= 15 is 0 Å². The van der Waals surface area contributed by atoms with E-state index in [9.17, 15) is 4.79 Å². The Balaban J connectivity index is 1.55. The number of piperidine rings is 1. The van der Waals surface area contributed by atoms with Crippen molar-refractivity contribution in [3.8, 4) is 0 Å². The molecule has 1 aliphatic rings. The van der Waals surface area contributed by atoms with Crippen molar-refractivity contribution in [1.29, 1.82) is 0 Å². The van der Waals surface area contributed by atoms with Crippen LogP contribution in [-0.2, 0) is 4.79 Å². The number of nitrogens with one attached hydrogen (secondary N) is 1. The number of nitrogens with zero attached hydrogens (tertiary/aromatic N) is 5. The molecule has 3 aromatic rings. The fourth-order valence-corrected chi connectivity index (χ4v) is 3.50. The fourth-order valence-electron chi connectivity index (χ4n) is 3.50. The number of carbonyl (C=O) groups is 1. The van der Waals surface area contributed by atoms with Gasteiger partial charge in [0.25, 0.3) is 0 Å². The number of aromatic amines is 1. The van der Waals surface area contributed by atoms with Gasteiger partial charge >= 0.3 is 0 Å². The number of likely N-dealkylation sites (N-methyl/N-ethyl adjacent to an activating group) is 1. The molecule has 1 fully saturated rings.